The average molecular weight is 369 g/mol. The first-order chi connectivity index (χ1) is 12.5. The van der Waals surface area contributed by atoms with E-state index in [9.17, 15) is 14.4 Å². The van der Waals surface area contributed by atoms with E-state index < -0.39 is 11.6 Å². The molecule has 3 aromatic rings. The van der Waals surface area contributed by atoms with Crippen LogP contribution < -0.4 is 15.7 Å². The van der Waals surface area contributed by atoms with Gasteiger partial charge < -0.3 is 14.5 Å². The number of thiophene rings is 1. The van der Waals surface area contributed by atoms with Gasteiger partial charge in [-0.25, -0.2) is 9.59 Å². The van der Waals surface area contributed by atoms with Gasteiger partial charge in [-0.05, 0) is 49.6 Å². The second-order valence-electron chi connectivity index (χ2n) is 6.22. The minimum atomic E-state index is -0.531. The standard InChI is InChI=1S/C19H15NO5S/c1-10-8-17(21)25-14-9-12(4-5-13(10)14)24-19(23)15-6-7-16(26-15)20-18(22)11-2-3-11/h4-9,11H,2-3H2,1H3,(H,20,22). The van der Waals surface area contributed by atoms with Gasteiger partial charge >= 0.3 is 11.6 Å². The number of rotatable bonds is 4. The van der Waals surface area contributed by atoms with Gasteiger partial charge in [0.1, 0.15) is 16.2 Å². The Balaban J connectivity index is 1.51. The highest BCUT2D eigenvalue weighted by Gasteiger charge is 2.30. The first-order valence-electron chi connectivity index (χ1n) is 8.17. The van der Waals surface area contributed by atoms with Crippen molar-refractivity contribution in [2.24, 2.45) is 5.92 Å². The number of ether oxygens (including phenoxy) is 1. The highest BCUT2D eigenvalue weighted by atomic mass is 32.1. The molecule has 0 radical (unpaired) electrons. The lowest BCUT2D eigenvalue weighted by atomic mass is 10.1. The van der Waals surface area contributed by atoms with Crippen LogP contribution in [-0.4, -0.2) is 11.9 Å². The molecule has 0 spiro atoms. The van der Waals surface area contributed by atoms with Crippen LogP contribution in [0.25, 0.3) is 11.0 Å². The number of carbonyl (C=O) groups excluding carboxylic acids is 2. The fraction of sp³-hybridized carbons (Fsp3) is 0.211. The van der Waals surface area contributed by atoms with E-state index in [4.69, 9.17) is 9.15 Å². The number of benzene rings is 1. The predicted molar refractivity (Wildman–Crippen MR) is 97.9 cm³/mol. The molecule has 1 amide bonds. The van der Waals surface area contributed by atoms with Gasteiger partial charge in [0, 0.05) is 23.4 Å². The average Bonchev–Trinajstić information content (AvgIpc) is 3.34. The topological polar surface area (TPSA) is 85.6 Å². The molecule has 0 atom stereocenters. The van der Waals surface area contributed by atoms with Gasteiger partial charge in [-0.2, -0.15) is 0 Å². The Morgan fingerprint density at radius 1 is 1.19 bits per heavy atom. The van der Waals surface area contributed by atoms with E-state index in [1.54, 1.807) is 24.3 Å². The molecular formula is C19H15NO5S. The number of hydrogen-bond donors (Lipinski definition) is 1. The molecule has 0 saturated heterocycles. The van der Waals surface area contributed by atoms with Crippen LogP contribution in [0.3, 0.4) is 0 Å². The summed E-state index contributed by atoms with van der Waals surface area (Å²) in [5, 5.41) is 4.20. The molecule has 26 heavy (non-hydrogen) atoms. The Labute approximate surface area is 152 Å². The van der Waals surface area contributed by atoms with Crippen LogP contribution in [0, 0.1) is 12.8 Å². The molecule has 1 N–H and O–H groups in total. The van der Waals surface area contributed by atoms with Crippen LogP contribution in [-0.2, 0) is 4.79 Å². The van der Waals surface area contributed by atoms with E-state index in [-0.39, 0.29) is 17.6 Å². The molecule has 2 aromatic heterocycles. The molecule has 1 aliphatic rings. The molecule has 0 unspecified atom stereocenters. The molecule has 132 valence electrons. The summed E-state index contributed by atoms with van der Waals surface area (Å²) in [5.41, 5.74) is 0.708. The zero-order valence-electron chi connectivity index (χ0n) is 13.9. The molecule has 0 aliphatic heterocycles. The fourth-order valence-electron chi connectivity index (χ4n) is 2.61. The maximum absolute atomic E-state index is 12.3. The fourth-order valence-corrected chi connectivity index (χ4v) is 3.40. The molecule has 2 heterocycles. The van der Waals surface area contributed by atoms with Crippen molar-refractivity contribution in [2.75, 3.05) is 5.32 Å². The monoisotopic (exact) mass is 369 g/mol. The smallest absolute Gasteiger partial charge is 0.353 e. The summed E-state index contributed by atoms with van der Waals surface area (Å²) in [4.78, 5) is 36.0. The van der Waals surface area contributed by atoms with Gasteiger partial charge in [-0.15, -0.1) is 11.3 Å². The summed E-state index contributed by atoms with van der Waals surface area (Å²) in [5.74, 6) is -0.153. The van der Waals surface area contributed by atoms with Gasteiger partial charge in [0.05, 0.1) is 5.00 Å². The van der Waals surface area contributed by atoms with Crippen molar-refractivity contribution in [3.63, 3.8) is 0 Å². The summed E-state index contributed by atoms with van der Waals surface area (Å²) in [6.07, 6.45) is 1.84. The van der Waals surface area contributed by atoms with Gasteiger partial charge in [0.25, 0.3) is 0 Å². The van der Waals surface area contributed by atoms with Crippen LogP contribution in [0.5, 0.6) is 5.75 Å². The Morgan fingerprint density at radius 2 is 2.00 bits per heavy atom. The number of carbonyl (C=O) groups is 2. The summed E-state index contributed by atoms with van der Waals surface area (Å²) in [6, 6.07) is 9.62. The summed E-state index contributed by atoms with van der Waals surface area (Å²) in [6.45, 7) is 1.81. The van der Waals surface area contributed by atoms with Crippen molar-refractivity contribution in [1.82, 2.24) is 0 Å². The van der Waals surface area contributed by atoms with Crippen LogP contribution in [0.1, 0.15) is 28.1 Å². The van der Waals surface area contributed by atoms with Crippen molar-refractivity contribution in [3.8, 4) is 5.75 Å². The van der Waals surface area contributed by atoms with Gasteiger partial charge in [-0.3, -0.25) is 4.79 Å². The Morgan fingerprint density at radius 3 is 2.77 bits per heavy atom. The summed E-state index contributed by atoms with van der Waals surface area (Å²) < 4.78 is 10.5. The molecule has 1 aromatic carbocycles. The van der Waals surface area contributed by atoms with Crippen LogP contribution in [0.4, 0.5) is 5.00 Å². The van der Waals surface area contributed by atoms with Crippen LogP contribution >= 0.6 is 11.3 Å². The molecule has 6 nitrogen and oxygen atoms in total. The van der Waals surface area contributed by atoms with E-state index in [2.05, 4.69) is 5.32 Å². The lowest BCUT2D eigenvalue weighted by Gasteiger charge is -2.05. The first-order valence-corrected chi connectivity index (χ1v) is 8.98. The largest absolute Gasteiger partial charge is 0.423 e. The number of fused-ring (bicyclic) bond motifs is 1. The van der Waals surface area contributed by atoms with E-state index >= 15 is 0 Å². The quantitative estimate of drug-likeness (QED) is 0.430. The lowest BCUT2D eigenvalue weighted by molar-refractivity contribution is -0.117. The molecule has 1 saturated carbocycles. The van der Waals surface area contributed by atoms with Crippen LogP contribution in [0.15, 0.2) is 45.6 Å². The molecule has 0 bridgehead atoms. The maximum Gasteiger partial charge on any atom is 0.353 e. The molecule has 1 fully saturated rings. The van der Waals surface area contributed by atoms with E-state index in [1.165, 1.54) is 12.1 Å². The predicted octanol–water partition coefficient (Wildman–Crippen LogP) is 3.73. The zero-order valence-corrected chi connectivity index (χ0v) is 14.7. The first kappa shape index (κ1) is 16.5. The van der Waals surface area contributed by atoms with Gasteiger partial charge in [-0.1, -0.05) is 0 Å². The zero-order chi connectivity index (χ0) is 18.3. The second-order valence-corrected chi connectivity index (χ2v) is 7.31. The highest BCUT2D eigenvalue weighted by Crippen LogP contribution is 2.32. The number of anilines is 1. The minimum absolute atomic E-state index is 0.00769. The number of nitrogens with one attached hydrogen (secondary N) is 1. The van der Waals surface area contributed by atoms with Crippen molar-refractivity contribution in [1.29, 1.82) is 0 Å². The Hall–Kier alpha value is -2.93. The number of amides is 1. The minimum Gasteiger partial charge on any atom is -0.423 e. The second kappa shape index (κ2) is 6.42. The van der Waals surface area contributed by atoms with Crippen molar-refractivity contribution < 1.29 is 18.7 Å². The van der Waals surface area contributed by atoms with E-state index in [0.29, 0.717) is 15.5 Å². The normalized spacial score (nSPS) is 13.6. The van der Waals surface area contributed by atoms with Gasteiger partial charge in [0.15, 0.2) is 0 Å². The van der Waals surface area contributed by atoms with Crippen molar-refractivity contribution in [3.05, 3.63) is 57.3 Å². The van der Waals surface area contributed by atoms with Gasteiger partial charge in [0.2, 0.25) is 5.91 Å². The number of aryl methyl sites for hydroxylation is 1. The SMILES string of the molecule is Cc1cc(=O)oc2cc(OC(=O)c3ccc(NC(=O)C4CC4)s3)ccc12. The molecule has 4 rings (SSSR count). The molecular weight excluding hydrogens is 354 g/mol. The number of esters is 1. The van der Waals surface area contributed by atoms with Crippen molar-refractivity contribution in [2.45, 2.75) is 19.8 Å². The Kier molecular flexibility index (Phi) is 4.08. The molecule has 7 heteroatoms. The lowest BCUT2D eigenvalue weighted by Crippen LogP contribution is -2.12. The third kappa shape index (κ3) is 3.39. The Bertz CT molecular complexity index is 1080. The molecule has 1 aliphatic carbocycles. The third-order valence-electron chi connectivity index (χ3n) is 4.14. The summed E-state index contributed by atoms with van der Waals surface area (Å²) >= 11 is 1.16. The third-order valence-corrected chi connectivity index (χ3v) is 5.12. The van der Waals surface area contributed by atoms with E-state index in [1.807, 2.05) is 6.92 Å². The van der Waals surface area contributed by atoms with Crippen LogP contribution in [0.2, 0.25) is 0 Å². The van der Waals surface area contributed by atoms with Crippen molar-refractivity contribution >= 4 is 39.2 Å². The maximum atomic E-state index is 12.3. The summed E-state index contributed by atoms with van der Waals surface area (Å²) in [7, 11) is 0. The van der Waals surface area contributed by atoms with E-state index in [0.717, 1.165) is 35.1 Å². The number of hydrogen-bond acceptors (Lipinski definition) is 6. The highest BCUT2D eigenvalue weighted by molar-refractivity contribution is 7.18.